The van der Waals surface area contributed by atoms with Crippen LogP contribution in [0.25, 0.3) is 0 Å². The highest BCUT2D eigenvalue weighted by Gasteiger charge is 2.12. The lowest BCUT2D eigenvalue weighted by Crippen LogP contribution is -2.16. The van der Waals surface area contributed by atoms with Gasteiger partial charge in [-0.3, -0.25) is 14.9 Å². The molecule has 0 bridgehead atoms. The molecule has 138 valence electrons. The van der Waals surface area contributed by atoms with Crippen LogP contribution in [0, 0.1) is 12.7 Å². The van der Waals surface area contributed by atoms with Crippen molar-refractivity contribution in [2.45, 2.75) is 13.3 Å². The largest absolute Gasteiger partial charge is 0.325 e. The normalized spacial score (nSPS) is 10.5. The number of nitrogens with one attached hydrogen (secondary N) is 2. The topological polar surface area (TPSA) is 71.1 Å². The zero-order valence-corrected chi connectivity index (χ0v) is 15.8. The molecule has 0 aliphatic carbocycles. The van der Waals surface area contributed by atoms with Crippen LogP contribution >= 0.6 is 22.9 Å². The highest BCUT2D eigenvalue weighted by Crippen LogP contribution is 2.23. The number of carbonyl (C=O) groups excluding carboxylic acids is 2. The van der Waals surface area contributed by atoms with E-state index in [9.17, 15) is 14.0 Å². The Kier molecular flexibility index (Phi) is 5.83. The van der Waals surface area contributed by atoms with E-state index in [1.807, 2.05) is 6.92 Å². The number of halogens is 2. The second-order valence-electron chi connectivity index (χ2n) is 5.74. The maximum absolute atomic E-state index is 12.9. The minimum atomic E-state index is -0.413. The number of nitrogens with zero attached hydrogens (tertiary/aromatic N) is 1. The van der Waals surface area contributed by atoms with Crippen LogP contribution in [0.5, 0.6) is 0 Å². The molecule has 1 aromatic heterocycles. The van der Waals surface area contributed by atoms with Gasteiger partial charge in [-0.05, 0) is 48.9 Å². The molecular weight excluding hydrogens is 389 g/mol. The molecule has 3 rings (SSSR count). The summed E-state index contributed by atoms with van der Waals surface area (Å²) in [4.78, 5) is 28.6. The summed E-state index contributed by atoms with van der Waals surface area (Å²) in [6.45, 7) is 1.82. The third kappa shape index (κ3) is 4.90. The lowest BCUT2D eigenvalue weighted by atomic mass is 10.2. The molecule has 1 heterocycles. The van der Waals surface area contributed by atoms with Crippen molar-refractivity contribution < 1.29 is 14.0 Å². The molecule has 27 heavy (non-hydrogen) atoms. The van der Waals surface area contributed by atoms with Gasteiger partial charge in [0.15, 0.2) is 5.13 Å². The molecule has 0 radical (unpaired) electrons. The third-order valence-corrected chi connectivity index (χ3v) is 4.98. The van der Waals surface area contributed by atoms with Gasteiger partial charge < -0.3 is 5.32 Å². The average Bonchev–Trinajstić information content (AvgIpc) is 3.06. The summed E-state index contributed by atoms with van der Waals surface area (Å²) in [6, 6.07) is 10.5. The van der Waals surface area contributed by atoms with E-state index in [4.69, 9.17) is 11.6 Å². The Balaban J connectivity index is 1.60. The molecule has 0 aliphatic heterocycles. The third-order valence-electron chi connectivity index (χ3n) is 3.76. The van der Waals surface area contributed by atoms with E-state index in [1.165, 1.54) is 35.6 Å². The number of hydrogen-bond donors (Lipinski definition) is 2. The van der Waals surface area contributed by atoms with E-state index in [0.29, 0.717) is 27.1 Å². The lowest BCUT2D eigenvalue weighted by Gasteiger charge is -2.08. The number of benzene rings is 2. The minimum Gasteiger partial charge on any atom is -0.325 e. The summed E-state index contributed by atoms with van der Waals surface area (Å²) in [5.41, 5.74) is 2.29. The van der Waals surface area contributed by atoms with E-state index in [0.717, 1.165) is 5.56 Å². The highest BCUT2D eigenvalue weighted by molar-refractivity contribution is 7.14. The van der Waals surface area contributed by atoms with Crippen molar-refractivity contribution in [3.05, 3.63) is 75.5 Å². The molecule has 0 unspecified atom stereocenters. The number of hydrogen-bond acceptors (Lipinski definition) is 4. The smallest absolute Gasteiger partial charge is 0.257 e. The van der Waals surface area contributed by atoms with Crippen LogP contribution in [0.1, 0.15) is 21.6 Å². The summed E-state index contributed by atoms with van der Waals surface area (Å²) in [5, 5.41) is 8.08. The summed E-state index contributed by atoms with van der Waals surface area (Å²) >= 11 is 7.26. The first kappa shape index (κ1) is 19.0. The van der Waals surface area contributed by atoms with Gasteiger partial charge in [0.25, 0.3) is 5.91 Å². The molecule has 0 atom stereocenters. The standard InChI is InChI=1S/C19H15ClFN3O2S/c1-11-15(20)3-2-4-16(11)23-17(25)9-14-10-27-19(22-14)24-18(26)12-5-7-13(21)8-6-12/h2-8,10H,9H2,1H3,(H,23,25)(H,22,24,26). The van der Waals surface area contributed by atoms with Crippen molar-refractivity contribution >= 4 is 45.6 Å². The van der Waals surface area contributed by atoms with Crippen LogP contribution in [0.4, 0.5) is 15.2 Å². The number of aromatic nitrogens is 1. The number of anilines is 2. The Bertz CT molecular complexity index is 989. The Hall–Kier alpha value is -2.77. The van der Waals surface area contributed by atoms with E-state index >= 15 is 0 Å². The van der Waals surface area contributed by atoms with Crippen LogP contribution in [-0.4, -0.2) is 16.8 Å². The van der Waals surface area contributed by atoms with Crippen LogP contribution in [0.3, 0.4) is 0 Å². The molecule has 5 nitrogen and oxygen atoms in total. The lowest BCUT2D eigenvalue weighted by molar-refractivity contribution is -0.115. The highest BCUT2D eigenvalue weighted by atomic mass is 35.5. The molecule has 2 N–H and O–H groups in total. The van der Waals surface area contributed by atoms with E-state index < -0.39 is 11.7 Å². The van der Waals surface area contributed by atoms with E-state index in [2.05, 4.69) is 15.6 Å². The number of carbonyl (C=O) groups is 2. The molecule has 8 heteroatoms. The van der Waals surface area contributed by atoms with Crippen molar-refractivity contribution in [2.75, 3.05) is 10.6 Å². The van der Waals surface area contributed by atoms with Crippen molar-refractivity contribution in [3.63, 3.8) is 0 Å². The van der Waals surface area contributed by atoms with E-state index in [-0.39, 0.29) is 12.3 Å². The van der Waals surface area contributed by atoms with Gasteiger partial charge in [-0.1, -0.05) is 17.7 Å². The van der Waals surface area contributed by atoms with Crippen LogP contribution in [0.15, 0.2) is 47.8 Å². The molecule has 2 aromatic carbocycles. The van der Waals surface area contributed by atoms with Crippen molar-refractivity contribution in [3.8, 4) is 0 Å². The first-order valence-corrected chi connectivity index (χ1v) is 9.24. The van der Waals surface area contributed by atoms with Gasteiger partial charge in [-0.2, -0.15) is 0 Å². The molecule has 2 amide bonds. The maximum Gasteiger partial charge on any atom is 0.257 e. The monoisotopic (exact) mass is 403 g/mol. The zero-order chi connectivity index (χ0) is 19.4. The Morgan fingerprint density at radius 2 is 1.89 bits per heavy atom. The molecule has 0 fully saturated rings. The molecule has 0 saturated carbocycles. The van der Waals surface area contributed by atoms with Crippen molar-refractivity contribution in [1.29, 1.82) is 0 Å². The zero-order valence-electron chi connectivity index (χ0n) is 14.3. The first-order valence-electron chi connectivity index (χ1n) is 7.98. The number of amides is 2. The molecule has 0 aliphatic rings. The number of rotatable bonds is 5. The van der Waals surface area contributed by atoms with Crippen LogP contribution in [0.2, 0.25) is 5.02 Å². The van der Waals surface area contributed by atoms with Gasteiger partial charge in [0.05, 0.1) is 12.1 Å². The van der Waals surface area contributed by atoms with Gasteiger partial charge in [0.2, 0.25) is 5.91 Å². The van der Waals surface area contributed by atoms with Gasteiger partial charge in [0.1, 0.15) is 5.82 Å². The fraction of sp³-hybridized carbons (Fsp3) is 0.105. The first-order chi connectivity index (χ1) is 12.9. The summed E-state index contributed by atoms with van der Waals surface area (Å²) in [6.07, 6.45) is 0.0644. The van der Waals surface area contributed by atoms with Crippen molar-refractivity contribution in [1.82, 2.24) is 4.98 Å². The Morgan fingerprint density at radius 1 is 1.15 bits per heavy atom. The summed E-state index contributed by atoms with van der Waals surface area (Å²) < 4.78 is 12.9. The van der Waals surface area contributed by atoms with Crippen molar-refractivity contribution in [2.24, 2.45) is 0 Å². The summed E-state index contributed by atoms with van der Waals surface area (Å²) in [5.74, 6) is -1.04. The van der Waals surface area contributed by atoms with Gasteiger partial charge in [-0.15, -0.1) is 11.3 Å². The number of thiazole rings is 1. The van der Waals surface area contributed by atoms with Gasteiger partial charge >= 0.3 is 0 Å². The Morgan fingerprint density at radius 3 is 2.63 bits per heavy atom. The Labute approximate surface area is 164 Å². The van der Waals surface area contributed by atoms with Gasteiger partial charge in [0, 0.05) is 21.7 Å². The molecule has 0 spiro atoms. The molecule has 3 aromatic rings. The quantitative estimate of drug-likeness (QED) is 0.649. The maximum atomic E-state index is 12.9. The molecular formula is C19H15ClFN3O2S. The SMILES string of the molecule is Cc1c(Cl)cccc1NC(=O)Cc1csc(NC(=O)c2ccc(F)cc2)n1. The molecule has 0 saturated heterocycles. The fourth-order valence-corrected chi connectivity index (χ4v) is 3.20. The minimum absolute atomic E-state index is 0.0644. The fourth-order valence-electron chi connectivity index (χ4n) is 2.32. The second kappa shape index (κ2) is 8.28. The van der Waals surface area contributed by atoms with E-state index in [1.54, 1.807) is 23.6 Å². The van der Waals surface area contributed by atoms with Gasteiger partial charge in [-0.25, -0.2) is 9.37 Å². The second-order valence-corrected chi connectivity index (χ2v) is 7.01. The van der Waals surface area contributed by atoms with Crippen LogP contribution < -0.4 is 10.6 Å². The predicted octanol–water partition coefficient (Wildman–Crippen LogP) is 4.68. The average molecular weight is 404 g/mol. The predicted molar refractivity (Wildman–Crippen MR) is 105 cm³/mol. The van der Waals surface area contributed by atoms with Crippen LogP contribution in [-0.2, 0) is 11.2 Å². The summed E-state index contributed by atoms with van der Waals surface area (Å²) in [7, 11) is 0.